The number of carbonyl (C=O) groups excluding carboxylic acids is 1. The van der Waals surface area contributed by atoms with E-state index >= 15 is 0 Å². The van der Waals surface area contributed by atoms with Crippen LogP contribution < -0.4 is 4.90 Å². The Labute approximate surface area is 116 Å². The molecule has 1 aromatic carbocycles. The summed E-state index contributed by atoms with van der Waals surface area (Å²) in [6, 6.07) is 11.6. The highest BCUT2D eigenvalue weighted by atomic mass is 32.1. The van der Waals surface area contributed by atoms with Gasteiger partial charge in [0, 0.05) is 11.9 Å². The zero-order valence-corrected chi connectivity index (χ0v) is 11.3. The molecule has 0 fully saturated rings. The second-order valence-corrected chi connectivity index (χ2v) is 4.87. The lowest BCUT2D eigenvalue weighted by Crippen LogP contribution is -2.24. The van der Waals surface area contributed by atoms with Gasteiger partial charge in [-0.15, -0.1) is 11.3 Å². The van der Waals surface area contributed by atoms with Crippen LogP contribution in [0, 0.1) is 11.3 Å². The molecule has 2 aromatic rings. The van der Waals surface area contributed by atoms with E-state index in [1.54, 1.807) is 30.5 Å². The standard InChI is InChI=1S/C15H12N2OS/c1-3-15(18)17(2)13-7-6-11(9-12(13)10-16)14-5-4-8-19-14/h3-9H,1H2,2H3. The molecule has 0 saturated heterocycles. The smallest absolute Gasteiger partial charge is 0.250 e. The van der Waals surface area contributed by atoms with E-state index in [-0.39, 0.29) is 5.91 Å². The quantitative estimate of drug-likeness (QED) is 0.800. The molecule has 2 rings (SSSR count). The zero-order chi connectivity index (χ0) is 13.8. The second kappa shape index (κ2) is 5.51. The summed E-state index contributed by atoms with van der Waals surface area (Å²) in [6.45, 7) is 3.45. The van der Waals surface area contributed by atoms with Gasteiger partial charge >= 0.3 is 0 Å². The predicted octanol–water partition coefficient (Wildman–Crippen LogP) is 3.44. The molecule has 1 heterocycles. The zero-order valence-electron chi connectivity index (χ0n) is 10.5. The fourth-order valence-corrected chi connectivity index (χ4v) is 2.49. The lowest BCUT2D eigenvalue weighted by Gasteiger charge is -2.17. The van der Waals surface area contributed by atoms with Crippen LogP contribution in [0.1, 0.15) is 5.56 Å². The minimum absolute atomic E-state index is 0.236. The van der Waals surface area contributed by atoms with Crippen LogP contribution in [0.2, 0.25) is 0 Å². The van der Waals surface area contributed by atoms with Crippen molar-refractivity contribution >= 4 is 22.9 Å². The maximum absolute atomic E-state index is 11.6. The van der Waals surface area contributed by atoms with Gasteiger partial charge in [0.2, 0.25) is 5.91 Å². The summed E-state index contributed by atoms with van der Waals surface area (Å²) < 4.78 is 0. The Morgan fingerprint density at radius 2 is 2.26 bits per heavy atom. The molecule has 0 radical (unpaired) electrons. The molecule has 0 aliphatic carbocycles. The van der Waals surface area contributed by atoms with Gasteiger partial charge in [0.1, 0.15) is 6.07 Å². The molecule has 0 saturated carbocycles. The molecule has 0 N–H and O–H groups in total. The van der Waals surface area contributed by atoms with Crippen LogP contribution in [0.3, 0.4) is 0 Å². The van der Waals surface area contributed by atoms with Crippen molar-refractivity contribution in [3.63, 3.8) is 0 Å². The lowest BCUT2D eigenvalue weighted by molar-refractivity contribution is -0.113. The molecule has 0 unspecified atom stereocenters. The topological polar surface area (TPSA) is 44.1 Å². The number of nitriles is 1. The maximum Gasteiger partial charge on any atom is 0.250 e. The first-order valence-corrected chi connectivity index (χ1v) is 6.53. The van der Waals surface area contributed by atoms with Gasteiger partial charge in [-0.3, -0.25) is 4.79 Å². The molecule has 94 valence electrons. The van der Waals surface area contributed by atoms with E-state index in [4.69, 9.17) is 0 Å². The number of anilines is 1. The Bertz CT molecular complexity index is 653. The Balaban J connectivity index is 2.46. The Morgan fingerprint density at radius 1 is 1.47 bits per heavy atom. The van der Waals surface area contributed by atoms with Crippen LogP contribution in [0.5, 0.6) is 0 Å². The van der Waals surface area contributed by atoms with Crippen LogP contribution in [-0.4, -0.2) is 13.0 Å². The molecule has 0 atom stereocenters. The summed E-state index contributed by atoms with van der Waals surface area (Å²) in [4.78, 5) is 14.1. The van der Waals surface area contributed by atoms with Gasteiger partial charge in [0.15, 0.2) is 0 Å². The number of amides is 1. The largest absolute Gasteiger partial charge is 0.311 e. The van der Waals surface area contributed by atoms with E-state index < -0.39 is 0 Å². The molecule has 1 amide bonds. The normalized spacial score (nSPS) is 9.68. The molecule has 1 aromatic heterocycles. The van der Waals surface area contributed by atoms with Crippen molar-refractivity contribution < 1.29 is 4.79 Å². The molecule has 0 bridgehead atoms. The molecule has 3 nitrogen and oxygen atoms in total. The first kappa shape index (κ1) is 13.1. The number of nitrogens with zero attached hydrogens (tertiary/aromatic N) is 2. The number of thiophene rings is 1. The molecule has 19 heavy (non-hydrogen) atoms. The van der Waals surface area contributed by atoms with Gasteiger partial charge in [0.25, 0.3) is 0 Å². The Hall–Kier alpha value is -2.38. The van der Waals surface area contributed by atoms with Crippen molar-refractivity contribution in [2.24, 2.45) is 0 Å². The SMILES string of the molecule is C=CC(=O)N(C)c1ccc(-c2cccs2)cc1C#N. The molecule has 4 heteroatoms. The fourth-order valence-electron chi connectivity index (χ4n) is 1.77. The molecule has 0 spiro atoms. The summed E-state index contributed by atoms with van der Waals surface area (Å²) in [5.41, 5.74) is 2.05. The maximum atomic E-state index is 11.6. The minimum atomic E-state index is -0.236. The van der Waals surface area contributed by atoms with Crippen molar-refractivity contribution in [2.75, 3.05) is 11.9 Å². The van der Waals surface area contributed by atoms with Crippen molar-refractivity contribution in [3.8, 4) is 16.5 Å². The molecular formula is C15H12N2OS. The third-order valence-electron chi connectivity index (χ3n) is 2.79. The number of carbonyl (C=O) groups is 1. The van der Waals surface area contributed by atoms with Crippen molar-refractivity contribution in [3.05, 3.63) is 53.9 Å². The van der Waals surface area contributed by atoms with Crippen LogP contribution in [0.4, 0.5) is 5.69 Å². The highest BCUT2D eigenvalue weighted by Crippen LogP contribution is 2.29. The van der Waals surface area contributed by atoms with E-state index in [9.17, 15) is 10.1 Å². The molecule has 0 aliphatic rings. The van der Waals surface area contributed by atoms with Crippen LogP contribution in [0.25, 0.3) is 10.4 Å². The van der Waals surface area contributed by atoms with Crippen LogP contribution in [-0.2, 0) is 4.79 Å². The highest BCUT2D eigenvalue weighted by molar-refractivity contribution is 7.13. The van der Waals surface area contributed by atoms with Crippen molar-refractivity contribution in [1.82, 2.24) is 0 Å². The number of rotatable bonds is 3. The molecule has 0 aliphatic heterocycles. The number of hydrogen-bond donors (Lipinski definition) is 0. The highest BCUT2D eigenvalue weighted by Gasteiger charge is 2.13. The third-order valence-corrected chi connectivity index (χ3v) is 3.71. The van der Waals surface area contributed by atoms with Crippen molar-refractivity contribution in [1.29, 1.82) is 5.26 Å². The van der Waals surface area contributed by atoms with Gasteiger partial charge in [-0.25, -0.2) is 0 Å². The number of hydrogen-bond acceptors (Lipinski definition) is 3. The van der Waals surface area contributed by atoms with Crippen molar-refractivity contribution in [2.45, 2.75) is 0 Å². The van der Waals surface area contributed by atoms with E-state index in [2.05, 4.69) is 12.6 Å². The fraction of sp³-hybridized carbons (Fsp3) is 0.0667. The summed E-state index contributed by atoms with van der Waals surface area (Å²) in [7, 11) is 1.63. The summed E-state index contributed by atoms with van der Waals surface area (Å²) in [6.07, 6.45) is 1.23. The first-order valence-electron chi connectivity index (χ1n) is 5.65. The minimum Gasteiger partial charge on any atom is -0.311 e. The van der Waals surface area contributed by atoms with Gasteiger partial charge in [-0.2, -0.15) is 5.26 Å². The van der Waals surface area contributed by atoms with Gasteiger partial charge in [-0.1, -0.05) is 18.7 Å². The van der Waals surface area contributed by atoms with Crippen LogP contribution >= 0.6 is 11.3 Å². The van der Waals surface area contributed by atoms with Gasteiger partial charge in [-0.05, 0) is 35.2 Å². The van der Waals surface area contributed by atoms with E-state index in [0.717, 1.165) is 10.4 Å². The number of benzene rings is 1. The van der Waals surface area contributed by atoms with E-state index in [1.807, 2.05) is 23.6 Å². The predicted molar refractivity (Wildman–Crippen MR) is 78.1 cm³/mol. The lowest BCUT2D eigenvalue weighted by atomic mass is 10.1. The van der Waals surface area contributed by atoms with Crippen LogP contribution in [0.15, 0.2) is 48.4 Å². The van der Waals surface area contributed by atoms with Gasteiger partial charge in [0.05, 0.1) is 11.3 Å². The summed E-state index contributed by atoms with van der Waals surface area (Å²) in [5.74, 6) is -0.236. The second-order valence-electron chi connectivity index (χ2n) is 3.92. The number of likely N-dealkylation sites (N-methyl/N-ethyl adjacent to an activating group) is 1. The average molecular weight is 268 g/mol. The Morgan fingerprint density at radius 3 is 2.84 bits per heavy atom. The van der Waals surface area contributed by atoms with Gasteiger partial charge < -0.3 is 4.90 Å². The Kier molecular flexibility index (Phi) is 3.79. The first-order chi connectivity index (χ1) is 9.17. The van der Waals surface area contributed by atoms with E-state index in [1.165, 1.54) is 11.0 Å². The summed E-state index contributed by atoms with van der Waals surface area (Å²) >= 11 is 1.61. The van der Waals surface area contributed by atoms with E-state index in [0.29, 0.717) is 11.3 Å². The summed E-state index contributed by atoms with van der Waals surface area (Å²) in [5, 5.41) is 11.2. The average Bonchev–Trinajstić information content (AvgIpc) is 2.99. The molecular weight excluding hydrogens is 256 g/mol. The third kappa shape index (κ3) is 2.56. The monoisotopic (exact) mass is 268 g/mol.